The number of carbonyl (C=O) groups is 2. The van der Waals surface area contributed by atoms with Crippen LogP contribution in [0.3, 0.4) is 0 Å². The van der Waals surface area contributed by atoms with E-state index in [0.717, 1.165) is 85.0 Å². The number of ether oxygens (including phenoxy) is 4. The van der Waals surface area contributed by atoms with E-state index in [1.54, 1.807) is 28.4 Å². The second-order valence-electron chi connectivity index (χ2n) is 14.2. The number of piperazine rings is 1. The standard InChI is InChI=1S/C46H50N6O6/c1-55-31-15-17-35(43(27-31)57-3)41-29-37(33-11-5-7-13-39(33)49-41)45(53)47-19-9-21-51-23-25-52(26-24-51)22-10-20-48-46(54)38-30-42(50-40-14-8-6-12-34(38)40)36-18-16-32(56-2)28-44(36)58-4/h5-8,11-18,27-30H,9-10,19-26H2,1-4H3,(H,47,53)(H,48,54). The Balaban J connectivity index is 0.871. The zero-order valence-corrected chi connectivity index (χ0v) is 33.5. The van der Waals surface area contributed by atoms with E-state index in [1.807, 2.05) is 97.1 Å². The topological polar surface area (TPSA) is 127 Å². The van der Waals surface area contributed by atoms with Crippen molar-refractivity contribution in [1.29, 1.82) is 0 Å². The van der Waals surface area contributed by atoms with Gasteiger partial charge in [0.1, 0.15) is 23.0 Å². The second kappa shape index (κ2) is 18.8. The Bertz CT molecular complexity index is 2230. The molecule has 1 saturated heterocycles. The van der Waals surface area contributed by atoms with Crippen molar-refractivity contribution in [2.24, 2.45) is 0 Å². The van der Waals surface area contributed by atoms with Crippen LogP contribution < -0.4 is 29.6 Å². The summed E-state index contributed by atoms with van der Waals surface area (Å²) in [5.41, 5.74) is 5.53. The second-order valence-corrected chi connectivity index (χ2v) is 14.2. The number of rotatable bonds is 16. The molecule has 2 amide bonds. The molecule has 2 N–H and O–H groups in total. The molecule has 300 valence electrons. The Kier molecular flexibility index (Phi) is 13.0. The summed E-state index contributed by atoms with van der Waals surface area (Å²) in [5.74, 6) is 2.36. The molecule has 4 aromatic carbocycles. The lowest BCUT2D eigenvalue weighted by atomic mass is 10.0. The van der Waals surface area contributed by atoms with Gasteiger partial charge in [0.25, 0.3) is 11.8 Å². The number of pyridine rings is 2. The van der Waals surface area contributed by atoms with Gasteiger partial charge in [-0.25, -0.2) is 9.97 Å². The fourth-order valence-corrected chi connectivity index (χ4v) is 7.46. The first-order valence-corrected chi connectivity index (χ1v) is 19.6. The van der Waals surface area contributed by atoms with Crippen molar-refractivity contribution in [1.82, 2.24) is 30.4 Å². The highest BCUT2D eigenvalue weighted by atomic mass is 16.5. The highest BCUT2D eigenvalue weighted by Crippen LogP contribution is 2.36. The summed E-state index contributed by atoms with van der Waals surface area (Å²) in [6.45, 7) is 6.79. The lowest BCUT2D eigenvalue weighted by Crippen LogP contribution is -2.47. The number of benzene rings is 4. The van der Waals surface area contributed by atoms with Crippen molar-refractivity contribution >= 4 is 33.6 Å². The number of amides is 2. The van der Waals surface area contributed by atoms with Gasteiger partial charge in [0.15, 0.2) is 0 Å². The molecular weight excluding hydrogens is 733 g/mol. The molecule has 12 heteroatoms. The molecule has 0 saturated carbocycles. The average Bonchev–Trinajstić information content (AvgIpc) is 3.28. The molecule has 1 aliphatic heterocycles. The number of nitrogens with zero attached hydrogens (tertiary/aromatic N) is 4. The van der Waals surface area contributed by atoms with E-state index in [-0.39, 0.29) is 11.8 Å². The van der Waals surface area contributed by atoms with Crippen LogP contribution in [0.25, 0.3) is 44.3 Å². The summed E-state index contributed by atoms with van der Waals surface area (Å²) in [5, 5.41) is 7.90. The minimum absolute atomic E-state index is 0.126. The molecule has 58 heavy (non-hydrogen) atoms. The SMILES string of the molecule is COc1ccc(-c2cc(C(=O)NCCCN3CCN(CCCNC(=O)c4cc(-c5ccc(OC)cc5OC)nc5ccccc45)CC3)c3ccccc3n2)c(OC)c1. The quantitative estimate of drug-likeness (QED) is 0.102. The van der Waals surface area contributed by atoms with Crippen LogP contribution in [0.1, 0.15) is 33.6 Å². The first-order valence-electron chi connectivity index (χ1n) is 19.6. The third kappa shape index (κ3) is 9.14. The van der Waals surface area contributed by atoms with Gasteiger partial charge in [-0.05, 0) is 74.5 Å². The molecule has 0 aliphatic carbocycles. The molecule has 0 bridgehead atoms. The Morgan fingerprint density at radius 2 is 0.966 bits per heavy atom. The molecule has 0 spiro atoms. The van der Waals surface area contributed by atoms with Gasteiger partial charge in [-0.3, -0.25) is 9.59 Å². The Hall–Kier alpha value is -6.24. The summed E-state index contributed by atoms with van der Waals surface area (Å²) in [4.78, 5) is 41.7. The first kappa shape index (κ1) is 40.0. The fourth-order valence-electron chi connectivity index (χ4n) is 7.46. The number of fused-ring (bicyclic) bond motifs is 2. The van der Waals surface area contributed by atoms with Crippen LogP contribution >= 0.6 is 0 Å². The van der Waals surface area contributed by atoms with Crippen molar-refractivity contribution in [2.75, 3.05) is 80.8 Å². The molecule has 2 aromatic heterocycles. The molecule has 0 atom stereocenters. The number of nitrogens with one attached hydrogen (secondary N) is 2. The summed E-state index contributed by atoms with van der Waals surface area (Å²) in [6.07, 6.45) is 1.69. The molecular formula is C46H50N6O6. The van der Waals surface area contributed by atoms with Gasteiger partial charge < -0.3 is 39.4 Å². The first-order chi connectivity index (χ1) is 28.4. The normalized spacial score (nSPS) is 13.3. The van der Waals surface area contributed by atoms with Gasteiger partial charge in [0.2, 0.25) is 0 Å². The Morgan fingerprint density at radius 3 is 1.36 bits per heavy atom. The molecule has 1 aliphatic rings. The summed E-state index contributed by atoms with van der Waals surface area (Å²) < 4.78 is 22.0. The highest BCUT2D eigenvalue weighted by Gasteiger charge is 2.20. The zero-order valence-electron chi connectivity index (χ0n) is 33.5. The predicted octanol–water partition coefficient (Wildman–Crippen LogP) is 6.71. The maximum absolute atomic E-state index is 13.6. The van der Waals surface area contributed by atoms with Crippen molar-refractivity contribution in [3.8, 4) is 45.5 Å². The Labute approximate surface area is 339 Å². The number of hydrogen-bond acceptors (Lipinski definition) is 10. The van der Waals surface area contributed by atoms with Gasteiger partial charge >= 0.3 is 0 Å². The van der Waals surface area contributed by atoms with Crippen LogP contribution in [-0.2, 0) is 0 Å². The van der Waals surface area contributed by atoms with Crippen LogP contribution in [0.2, 0.25) is 0 Å². The molecule has 7 rings (SSSR count). The molecule has 0 unspecified atom stereocenters. The third-order valence-electron chi connectivity index (χ3n) is 10.6. The molecule has 3 heterocycles. The number of methoxy groups -OCH3 is 4. The van der Waals surface area contributed by atoms with Crippen molar-refractivity contribution in [3.63, 3.8) is 0 Å². The van der Waals surface area contributed by atoms with Crippen molar-refractivity contribution in [2.45, 2.75) is 12.8 Å². The van der Waals surface area contributed by atoms with Crippen LogP contribution in [0.5, 0.6) is 23.0 Å². The van der Waals surface area contributed by atoms with E-state index in [2.05, 4.69) is 20.4 Å². The van der Waals surface area contributed by atoms with E-state index in [1.165, 1.54) is 0 Å². The van der Waals surface area contributed by atoms with Crippen LogP contribution in [0.4, 0.5) is 0 Å². The Morgan fingerprint density at radius 1 is 0.552 bits per heavy atom. The van der Waals surface area contributed by atoms with E-state index >= 15 is 0 Å². The monoisotopic (exact) mass is 782 g/mol. The van der Waals surface area contributed by atoms with Gasteiger partial charge in [0, 0.05) is 73.3 Å². The average molecular weight is 783 g/mol. The van der Waals surface area contributed by atoms with E-state index in [0.29, 0.717) is 58.6 Å². The lowest BCUT2D eigenvalue weighted by Gasteiger charge is -2.34. The summed E-state index contributed by atoms with van der Waals surface area (Å²) in [7, 11) is 6.45. The maximum Gasteiger partial charge on any atom is 0.252 e. The molecule has 12 nitrogen and oxygen atoms in total. The van der Waals surface area contributed by atoms with E-state index < -0.39 is 0 Å². The third-order valence-corrected chi connectivity index (χ3v) is 10.6. The molecule has 0 radical (unpaired) electrons. The van der Waals surface area contributed by atoms with Crippen molar-refractivity contribution < 1.29 is 28.5 Å². The highest BCUT2D eigenvalue weighted by molar-refractivity contribution is 6.08. The smallest absolute Gasteiger partial charge is 0.252 e. The number of aromatic nitrogens is 2. The van der Waals surface area contributed by atoms with Crippen LogP contribution in [-0.4, -0.2) is 112 Å². The van der Waals surface area contributed by atoms with Gasteiger partial charge in [0.05, 0.1) is 62.0 Å². The molecule has 6 aromatic rings. The number of hydrogen-bond donors (Lipinski definition) is 2. The maximum atomic E-state index is 13.6. The van der Waals surface area contributed by atoms with Gasteiger partial charge in [-0.2, -0.15) is 0 Å². The number of carbonyl (C=O) groups excluding carboxylic acids is 2. The summed E-state index contributed by atoms with van der Waals surface area (Å²) >= 11 is 0. The van der Waals surface area contributed by atoms with Crippen molar-refractivity contribution in [3.05, 3.63) is 108 Å². The minimum atomic E-state index is -0.126. The minimum Gasteiger partial charge on any atom is -0.497 e. The van der Waals surface area contributed by atoms with Crippen LogP contribution in [0.15, 0.2) is 97.1 Å². The van der Waals surface area contributed by atoms with E-state index in [9.17, 15) is 9.59 Å². The number of para-hydroxylation sites is 2. The fraction of sp³-hybridized carbons (Fsp3) is 0.304. The van der Waals surface area contributed by atoms with Crippen LogP contribution in [0, 0.1) is 0 Å². The molecule has 1 fully saturated rings. The predicted molar refractivity (Wildman–Crippen MR) is 227 cm³/mol. The lowest BCUT2D eigenvalue weighted by molar-refractivity contribution is 0.0936. The van der Waals surface area contributed by atoms with Gasteiger partial charge in [-0.1, -0.05) is 36.4 Å². The van der Waals surface area contributed by atoms with E-state index in [4.69, 9.17) is 28.9 Å². The van der Waals surface area contributed by atoms with Gasteiger partial charge in [-0.15, -0.1) is 0 Å². The summed E-state index contributed by atoms with van der Waals surface area (Å²) in [6, 6.07) is 30.2. The largest absolute Gasteiger partial charge is 0.497 e. The zero-order chi connectivity index (χ0) is 40.4.